The molecule has 194 valence electrons. The Kier molecular flexibility index (Phi) is 6.55. The second-order valence-electron chi connectivity index (χ2n) is 10.7. The van der Waals surface area contributed by atoms with Crippen LogP contribution < -0.4 is 9.80 Å². The quantitative estimate of drug-likeness (QED) is 0.552. The minimum atomic E-state index is -0.684. The number of hydrogen-bond donors (Lipinski definition) is 0. The number of ether oxygens (including phenoxy) is 2. The summed E-state index contributed by atoms with van der Waals surface area (Å²) in [7, 11) is 0. The molecule has 0 saturated carbocycles. The summed E-state index contributed by atoms with van der Waals surface area (Å²) >= 11 is 6.36. The van der Waals surface area contributed by atoms with E-state index in [4.69, 9.17) is 21.1 Å². The van der Waals surface area contributed by atoms with E-state index in [1.807, 2.05) is 32.9 Å². The lowest BCUT2D eigenvalue weighted by Gasteiger charge is -2.37. The smallest absolute Gasteiger partial charge is 0.410 e. The topological polar surface area (TPSA) is 86.1 Å². The fourth-order valence-electron chi connectivity index (χ4n) is 5.47. The number of hydrogen-bond acceptors (Lipinski definition) is 6. The third kappa shape index (κ3) is 4.51. The van der Waals surface area contributed by atoms with Crippen molar-refractivity contribution >= 4 is 40.7 Å². The summed E-state index contributed by atoms with van der Waals surface area (Å²) in [6, 6.07) is 13.5. The van der Waals surface area contributed by atoms with Gasteiger partial charge in [-0.2, -0.15) is 5.26 Å². The second-order valence-corrected chi connectivity index (χ2v) is 11.1. The van der Waals surface area contributed by atoms with Crippen molar-refractivity contribution in [1.29, 1.82) is 5.26 Å². The van der Waals surface area contributed by atoms with Gasteiger partial charge in [0.1, 0.15) is 11.7 Å². The maximum absolute atomic E-state index is 14.1. The van der Waals surface area contributed by atoms with Crippen LogP contribution in [0.2, 0.25) is 5.02 Å². The maximum Gasteiger partial charge on any atom is 0.410 e. The average molecular weight is 523 g/mol. The summed E-state index contributed by atoms with van der Waals surface area (Å²) in [5.41, 5.74) is 2.26. The predicted octanol–water partition coefficient (Wildman–Crippen LogP) is 5.00. The zero-order valence-electron chi connectivity index (χ0n) is 21.4. The van der Waals surface area contributed by atoms with Gasteiger partial charge in [0.05, 0.1) is 27.4 Å². The van der Waals surface area contributed by atoms with Crippen LogP contribution in [0.25, 0.3) is 0 Å². The van der Waals surface area contributed by atoms with Gasteiger partial charge in [-0.05, 0) is 63.4 Å². The predicted molar refractivity (Wildman–Crippen MR) is 142 cm³/mol. The summed E-state index contributed by atoms with van der Waals surface area (Å²) in [5, 5.41) is 10.2. The van der Waals surface area contributed by atoms with E-state index in [0.29, 0.717) is 62.9 Å². The van der Waals surface area contributed by atoms with Crippen LogP contribution in [0, 0.1) is 11.3 Å². The number of carbonyl (C=O) groups excluding carboxylic acids is 2. The van der Waals surface area contributed by atoms with Crippen LogP contribution >= 0.6 is 11.6 Å². The number of halogens is 1. The summed E-state index contributed by atoms with van der Waals surface area (Å²) in [6.07, 6.45) is 0.876. The molecule has 2 fully saturated rings. The number of anilines is 3. The Labute approximate surface area is 222 Å². The number of amides is 2. The summed E-state index contributed by atoms with van der Waals surface area (Å²) < 4.78 is 11.1. The van der Waals surface area contributed by atoms with Crippen LogP contribution in [0.15, 0.2) is 36.4 Å². The van der Waals surface area contributed by atoms with Gasteiger partial charge in [-0.1, -0.05) is 23.7 Å². The lowest BCUT2D eigenvalue weighted by Crippen LogP contribution is -2.50. The highest BCUT2D eigenvalue weighted by molar-refractivity contribution is 6.32. The summed E-state index contributed by atoms with van der Waals surface area (Å²) in [4.78, 5) is 32.2. The van der Waals surface area contributed by atoms with E-state index < -0.39 is 11.0 Å². The average Bonchev–Trinajstić information content (AvgIpc) is 3.10. The molecule has 0 unspecified atom stereocenters. The first-order valence-corrected chi connectivity index (χ1v) is 13.0. The monoisotopic (exact) mass is 522 g/mol. The number of carbonyl (C=O) groups is 2. The van der Waals surface area contributed by atoms with Gasteiger partial charge in [-0.15, -0.1) is 0 Å². The van der Waals surface area contributed by atoms with Gasteiger partial charge in [0, 0.05) is 45.1 Å². The van der Waals surface area contributed by atoms with E-state index in [0.717, 1.165) is 16.9 Å². The fraction of sp³-hybridized carbons (Fsp3) is 0.464. The van der Waals surface area contributed by atoms with Crippen LogP contribution in [-0.2, 0) is 19.7 Å². The Bertz CT molecular complexity index is 1270. The molecule has 0 atom stereocenters. The number of benzene rings is 2. The summed E-state index contributed by atoms with van der Waals surface area (Å²) in [5.74, 6) is -0.0449. The number of nitrogens with zero attached hydrogens (tertiary/aromatic N) is 4. The van der Waals surface area contributed by atoms with Crippen LogP contribution in [0.5, 0.6) is 0 Å². The molecule has 0 bridgehead atoms. The Morgan fingerprint density at radius 2 is 1.78 bits per heavy atom. The van der Waals surface area contributed by atoms with E-state index in [1.165, 1.54) is 0 Å². The molecular formula is C28H31ClN4O4. The molecular weight excluding hydrogens is 492 g/mol. The van der Waals surface area contributed by atoms with Crippen molar-refractivity contribution in [1.82, 2.24) is 4.90 Å². The minimum Gasteiger partial charge on any atom is -0.444 e. The van der Waals surface area contributed by atoms with Gasteiger partial charge >= 0.3 is 6.09 Å². The summed E-state index contributed by atoms with van der Waals surface area (Å²) in [6.45, 7) is 8.98. The zero-order valence-corrected chi connectivity index (χ0v) is 22.2. The van der Waals surface area contributed by atoms with Crippen LogP contribution in [0.4, 0.5) is 21.9 Å². The molecule has 2 amide bonds. The molecule has 0 aliphatic carbocycles. The van der Waals surface area contributed by atoms with Crippen molar-refractivity contribution < 1.29 is 19.1 Å². The highest BCUT2D eigenvalue weighted by atomic mass is 35.5. The van der Waals surface area contributed by atoms with E-state index in [9.17, 15) is 14.9 Å². The Balaban J connectivity index is 1.48. The molecule has 0 N–H and O–H groups in total. The molecule has 3 aliphatic heterocycles. The van der Waals surface area contributed by atoms with E-state index in [-0.39, 0.29) is 17.6 Å². The molecule has 2 aromatic carbocycles. The highest BCUT2D eigenvalue weighted by Crippen LogP contribution is 2.52. The van der Waals surface area contributed by atoms with Gasteiger partial charge in [-0.25, -0.2) is 4.79 Å². The van der Waals surface area contributed by atoms with Gasteiger partial charge in [0.25, 0.3) is 0 Å². The normalized spacial score (nSPS) is 19.1. The van der Waals surface area contributed by atoms with Crippen molar-refractivity contribution in [2.45, 2.75) is 44.6 Å². The number of rotatable bonds is 2. The van der Waals surface area contributed by atoms with Gasteiger partial charge in [0.2, 0.25) is 5.91 Å². The van der Waals surface area contributed by atoms with E-state index in [1.54, 1.807) is 28.0 Å². The van der Waals surface area contributed by atoms with Crippen molar-refractivity contribution in [2.75, 3.05) is 49.2 Å². The minimum absolute atomic E-state index is 0.0449. The van der Waals surface area contributed by atoms with Crippen molar-refractivity contribution in [3.8, 4) is 6.07 Å². The van der Waals surface area contributed by atoms with Crippen LogP contribution in [-0.4, -0.2) is 61.9 Å². The van der Waals surface area contributed by atoms with Crippen LogP contribution in [0.3, 0.4) is 0 Å². The first-order chi connectivity index (χ1) is 17.6. The Hall–Kier alpha value is -3.28. The Morgan fingerprint density at radius 3 is 2.43 bits per heavy atom. The van der Waals surface area contributed by atoms with Gasteiger partial charge < -0.3 is 19.3 Å². The first kappa shape index (κ1) is 25.4. The van der Waals surface area contributed by atoms with Gasteiger partial charge in [0.15, 0.2) is 0 Å². The highest BCUT2D eigenvalue weighted by Gasteiger charge is 2.52. The number of piperazine rings is 1. The third-order valence-electron chi connectivity index (χ3n) is 7.34. The maximum atomic E-state index is 14.1. The zero-order chi connectivity index (χ0) is 26.4. The fourth-order valence-corrected chi connectivity index (χ4v) is 5.68. The molecule has 3 aliphatic rings. The third-order valence-corrected chi connectivity index (χ3v) is 7.65. The number of nitriles is 1. The molecule has 37 heavy (non-hydrogen) atoms. The lowest BCUT2D eigenvalue weighted by molar-refractivity contribution is -0.125. The molecule has 3 heterocycles. The van der Waals surface area contributed by atoms with Gasteiger partial charge in [-0.3, -0.25) is 9.69 Å². The molecule has 2 saturated heterocycles. The molecule has 5 rings (SSSR count). The molecule has 1 spiro atoms. The molecule has 2 aromatic rings. The SMILES string of the molecule is CC(C)(C)OC(=O)N1CCN(c2ccc3c(c2)N(c2cccc(Cl)c2C#N)C(=O)C32CCOCC2)CC1. The molecule has 0 aromatic heterocycles. The second kappa shape index (κ2) is 9.55. The lowest BCUT2D eigenvalue weighted by atomic mass is 9.75. The number of fused-ring (bicyclic) bond motifs is 2. The molecule has 9 heteroatoms. The van der Waals surface area contributed by atoms with Crippen molar-refractivity contribution in [3.05, 3.63) is 52.5 Å². The van der Waals surface area contributed by atoms with Crippen LogP contribution in [0.1, 0.15) is 44.7 Å². The van der Waals surface area contributed by atoms with E-state index >= 15 is 0 Å². The standard InChI is InChI=1S/C28H31ClN4O4/c1-27(2,3)37-26(35)32-13-11-31(12-14-32)19-7-8-21-24(17-19)33(23-6-4-5-22(29)20(23)18-30)25(34)28(21)9-15-36-16-10-28/h4-8,17H,9-16H2,1-3H3. The Morgan fingerprint density at radius 1 is 1.08 bits per heavy atom. The van der Waals surface area contributed by atoms with E-state index in [2.05, 4.69) is 17.0 Å². The largest absolute Gasteiger partial charge is 0.444 e. The molecule has 0 radical (unpaired) electrons. The first-order valence-electron chi connectivity index (χ1n) is 12.6. The van der Waals surface area contributed by atoms with Crippen molar-refractivity contribution in [3.63, 3.8) is 0 Å². The van der Waals surface area contributed by atoms with Crippen molar-refractivity contribution in [2.24, 2.45) is 0 Å². The molecule has 8 nitrogen and oxygen atoms in total.